The van der Waals surface area contributed by atoms with Gasteiger partial charge in [0.1, 0.15) is 9.79 Å². The van der Waals surface area contributed by atoms with Crippen molar-refractivity contribution in [2.75, 3.05) is 72.7 Å². The Morgan fingerprint density at radius 3 is 1.18 bits per heavy atom. The number of carbonyl (C=O) groups is 1. The molecule has 432 valence electrons. The van der Waals surface area contributed by atoms with Gasteiger partial charge in [0.15, 0.2) is 0 Å². The van der Waals surface area contributed by atoms with Crippen molar-refractivity contribution in [3.63, 3.8) is 0 Å². The first-order valence-electron chi connectivity index (χ1n) is 19.1. The van der Waals surface area contributed by atoms with E-state index >= 15 is 0 Å². The summed E-state index contributed by atoms with van der Waals surface area (Å²) >= 11 is 0. The number of urea groups is 1. The topological polar surface area (TPSA) is 519 Å². The number of carbonyl (C=O) groups excluding carboxylic acids is 1. The number of hydrogen-bond donors (Lipinski definition) is 10. The SMILES string of the molecule is CS(=O)(=O)Cl.CS(=O)(=O)Nc1ccc(N)c(S(N)(=O)=O)c1.CS(=O)(=O)Nc1ccc(N)cc1.CS(=O)(=O)Nc1ccc([N+](=O)[O-])cc1.CS(=O)(=O)Nc1ccc2c(c1)S(=O)(=O)NC(=O)N2.Nc1ccc([N+](=O)[O-])cc1.[CH3-].[Pd]. The Kier molecular flexibility index (Phi) is 28.0. The molecule has 2 amide bonds. The van der Waals surface area contributed by atoms with Crippen molar-refractivity contribution in [3.05, 3.63) is 137 Å². The van der Waals surface area contributed by atoms with Crippen LogP contribution in [0.25, 0.3) is 0 Å². The molecule has 1 heterocycles. The smallest absolute Gasteiger partial charge is 0.333 e. The number of fused-ring (bicyclic) bond motifs is 1. The fourth-order valence-corrected chi connectivity index (χ4v) is 8.76. The monoisotopic (exact) mass is 1330 g/mol. The van der Waals surface area contributed by atoms with Gasteiger partial charge in [-0.2, -0.15) is 0 Å². The van der Waals surface area contributed by atoms with E-state index < -0.39 is 85.1 Å². The van der Waals surface area contributed by atoms with Gasteiger partial charge in [0, 0.05) is 89.5 Å². The van der Waals surface area contributed by atoms with E-state index in [0.29, 0.717) is 22.7 Å². The van der Waals surface area contributed by atoms with E-state index in [-0.39, 0.29) is 71.8 Å². The maximum atomic E-state index is 11.7. The molecule has 77 heavy (non-hydrogen) atoms. The molecule has 0 saturated carbocycles. The maximum absolute atomic E-state index is 11.7. The minimum atomic E-state index is -3.97. The maximum Gasteiger partial charge on any atom is 0.333 e. The average Bonchev–Trinajstić information content (AvgIpc) is 3.21. The summed E-state index contributed by atoms with van der Waals surface area (Å²) in [6.45, 7) is 0. The zero-order valence-electron chi connectivity index (χ0n) is 40.4. The number of anilines is 8. The number of nitrogens with zero attached hydrogens (tertiary/aromatic N) is 2. The minimum Gasteiger partial charge on any atom is -0.399 e. The van der Waals surface area contributed by atoms with Crippen molar-refractivity contribution in [2.45, 2.75) is 9.79 Å². The molecule has 0 atom stereocenters. The summed E-state index contributed by atoms with van der Waals surface area (Å²) in [6, 6.07) is 23.9. The molecule has 6 rings (SSSR count). The zero-order valence-corrected chi connectivity index (χ0v) is 48.4. The molecule has 0 bridgehead atoms. The van der Waals surface area contributed by atoms with Gasteiger partial charge in [-0.1, -0.05) is 0 Å². The molecular weight excluding hydrogens is 1280 g/mol. The molecule has 0 saturated heterocycles. The van der Waals surface area contributed by atoms with Crippen LogP contribution in [0, 0.1) is 27.7 Å². The van der Waals surface area contributed by atoms with Crippen LogP contribution in [0.5, 0.6) is 0 Å². The molecule has 5 aromatic rings. The summed E-state index contributed by atoms with van der Waals surface area (Å²) in [4.78, 5) is 29.9. The van der Waals surface area contributed by atoms with E-state index in [1.54, 1.807) is 29.0 Å². The second-order valence-corrected chi connectivity index (χ2v) is 27.7. The van der Waals surface area contributed by atoms with Gasteiger partial charge in [0.05, 0.1) is 52.5 Å². The number of nitrogen functional groups attached to an aromatic ring is 3. The fraction of sp³-hybridized carbons (Fsp3) is 0.135. The Bertz CT molecular complexity index is 3670. The van der Waals surface area contributed by atoms with Gasteiger partial charge >= 0.3 is 6.03 Å². The van der Waals surface area contributed by atoms with Crippen molar-refractivity contribution < 1.29 is 94.0 Å². The number of hydrogen-bond acceptors (Lipinski definition) is 22. The van der Waals surface area contributed by atoms with Crippen LogP contribution in [-0.2, 0) is 89.6 Å². The van der Waals surface area contributed by atoms with Crippen molar-refractivity contribution in [1.29, 1.82) is 0 Å². The van der Waals surface area contributed by atoms with Crippen LogP contribution in [0.3, 0.4) is 0 Å². The number of primary sulfonamides is 1. The first kappa shape index (κ1) is 72.4. The Hall–Kier alpha value is -6.67. The third kappa shape index (κ3) is 32.5. The summed E-state index contributed by atoms with van der Waals surface area (Å²) in [5.74, 6) is 0. The second-order valence-electron chi connectivity index (χ2n) is 14.5. The second kappa shape index (κ2) is 29.7. The molecule has 0 aliphatic carbocycles. The van der Waals surface area contributed by atoms with Gasteiger partial charge in [-0.15, -0.1) is 0 Å². The van der Waals surface area contributed by atoms with Crippen molar-refractivity contribution >= 4 is 143 Å². The van der Waals surface area contributed by atoms with Crippen molar-refractivity contribution in [3.8, 4) is 0 Å². The number of amides is 2. The third-order valence-corrected chi connectivity index (χ3v) is 12.1. The third-order valence-electron chi connectivity index (χ3n) is 7.37. The number of nitro benzene ring substituents is 2. The van der Waals surface area contributed by atoms with Crippen LogP contribution in [0.4, 0.5) is 61.7 Å². The molecule has 14 N–H and O–H groups in total. The Labute approximate surface area is 462 Å². The van der Waals surface area contributed by atoms with Gasteiger partial charge in [-0.25, -0.2) is 73.6 Å². The van der Waals surface area contributed by atoms with Gasteiger partial charge < -0.3 is 29.9 Å². The van der Waals surface area contributed by atoms with Crippen LogP contribution in [-0.4, -0.2) is 106 Å². The predicted octanol–water partition coefficient (Wildman–Crippen LogP) is 2.59. The van der Waals surface area contributed by atoms with E-state index in [4.69, 9.17) is 22.3 Å². The number of halogens is 1. The van der Waals surface area contributed by atoms with Crippen molar-refractivity contribution in [2.24, 2.45) is 5.14 Å². The summed E-state index contributed by atoms with van der Waals surface area (Å²) in [7, 11) is -20.1. The molecule has 40 heteroatoms. The molecule has 0 fully saturated rings. The largest absolute Gasteiger partial charge is 0.399 e. The molecule has 1 aliphatic heterocycles. The van der Waals surface area contributed by atoms with E-state index in [0.717, 1.165) is 43.4 Å². The van der Waals surface area contributed by atoms with Crippen molar-refractivity contribution in [1.82, 2.24) is 4.72 Å². The molecule has 5 aromatic carbocycles. The van der Waals surface area contributed by atoms with Gasteiger partial charge in [0.2, 0.25) is 59.2 Å². The number of nitrogens with two attached hydrogens (primary N) is 4. The number of rotatable bonds is 11. The minimum absolute atomic E-state index is 0. The molecular formula is C37H50ClN12O19PdS7-. The normalized spacial score (nSPS) is 12.3. The van der Waals surface area contributed by atoms with Gasteiger partial charge in [0.25, 0.3) is 21.4 Å². The molecule has 0 spiro atoms. The first-order chi connectivity index (χ1) is 33.8. The Morgan fingerprint density at radius 1 is 0.532 bits per heavy atom. The Balaban J connectivity index is 0. The average molecular weight is 1330 g/mol. The molecule has 0 aromatic heterocycles. The standard InChI is InChI=1S/C8H9N3O5S2.C7H11N3O4S2.C7H8N2O4S.C7H10N2O2S.C6H6N2O2.CH3ClO2S.CH3.Pd/c1-17(13,14)10-5-2-3-6-7(4-5)18(15,16)11-8(12)9-6;1-15(11,12)10-5-2-3-6(8)7(4-5)16(9,13)14;1-14(12,13)8-6-2-4-7(5-3-6)9(10)11;1-12(10,11)9-7-4-2-6(8)3-5-7;7-5-1-3-6(4-2-5)8(9)10;1-5(2,3)4;;/h2-4,10H,1H3,(H2,9,11,12);2-4,10H,8H2,1H3,(H2,9,13,14);2-5,8H,1H3;2-5,9H,8H2,1H3;1-4H,7H2;1H3;1H3;/q;;;;;;-1;. The molecule has 1 aliphatic rings. The van der Waals surface area contributed by atoms with E-state index in [1.165, 1.54) is 72.8 Å². The molecule has 0 unspecified atom stereocenters. The fourth-order valence-electron chi connectivity index (χ4n) is 4.74. The Morgan fingerprint density at radius 2 is 0.831 bits per heavy atom. The summed E-state index contributed by atoms with van der Waals surface area (Å²) < 4.78 is 162. The predicted molar refractivity (Wildman–Crippen MR) is 290 cm³/mol. The first-order valence-corrected chi connectivity index (χ1v) is 32.4. The quantitative estimate of drug-likeness (QED) is 0.0227. The van der Waals surface area contributed by atoms with E-state index in [1.807, 2.05) is 0 Å². The van der Waals surface area contributed by atoms with Crippen LogP contribution in [0.2, 0.25) is 0 Å². The van der Waals surface area contributed by atoms with Gasteiger partial charge in [-0.3, -0.25) is 39.1 Å². The number of nitro groups is 2. The van der Waals surface area contributed by atoms with Crippen LogP contribution in [0.1, 0.15) is 0 Å². The van der Waals surface area contributed by atoms with E-state index in [9.17, 15) is 83.9 Å². The number of benzene rings is 5. The van der Waals surface area contributed by atoms with E-state index in [2.05, 4.69) is 34.9 Å². The number of sulfonamides is 6. The zero-order chi connectivity index (χ0) is 58.1. The van der Waals surface area contributed by atoms with Crippen LogP contribution >= 0.6 is 10.7 Å². The summed E-state index contributed by atoms with van der Waals surface area (Å²) in [5.41, 5.74) is 18.3. The number of non-ortho nitro benzene ring substituents is 2. The van der Waals surface area contributed by atoms with Crippen LogP contribution in [0.15, 0.2) is 119 Å². The number of nitrogens with one attached hydrogen (secondary N) is 6. The summed E-state index contributed by atoms with van der Waals surface area (Å²) in [5, 5.41) is 27.5. The summed E-state index contributed by atoms with van der Waals surface area (Å²) in [6.07, 6.45) is 4.92. The molecule has 0 radical (unpaired) electrons. The molecule has 31 nitrogen and oxygen atoms in total. The van der Waals surface area contributed by atoms with Gasteiger partial charge in [-0.05, 0) is 84.9 Å². The van der Waals surface area contributed by atoms with Crippen LogP contribution < -0.4 is 51.3 Å².